The van der Waals surface area contributed by atoms with E-state index in [1.54, 1.807) is 9.58 Å². The van der Waals surface area contributed by atoms with Crippen molar-refractivity contribution in [3.63, 3.8) is 0 Å². The van der Waals surface area contributed by atoms with Gasteiger partial charge in [-0.15, -0.1) is 0 Å². The van der Waals surface area contributed by atoms with Gasteiger partial charge in [0.25, 0.3) is 0 Å². The highest BCUT2D eigenvalue weighted by Gasteiger charge is 2.15. The first-order valence-electron chi connectivity index (χ1n) is 8.54. The summed E-state index contributed by atoms with van der Waals surface area (Å²) in [5.74, 6) is 1.51. The standard InChI is InChI=1S/C18H24N4O3/c1-3-22(18(23)19-7-6-15-11-20-21(2)12-15)13-14-4-5-16-17(10-14)25-9-8-24-16/h4-5,10-12H,3,6-9,13H2,1-2H3,(H,19,23). The molecule has 1 aliphatic heterocycles. The van der Waals surface area contributed by atoms with E-state index in [1.807, 2.05) is 44.6 Å². The Bertz CT molecular complexity index is 729. The predicted molar refractivity (Wildman–Crippen MR) is 93.8 cm³/mol. The van der Waals surface area contributed by atoms with Crippen molar-refractivity contribution in [3.8, 4) is 11.5 Å². The smallest absolute Gasteiger partial charge is 0.317 e. The van der Waals surface area contributed by atoms with Gasteiger partial charge in [0.1, 0.15) is 13.2 Å². The molecule has 0 unspecified atom stereocenters. The topological polar surface area (TPSA) is 68.6 Å². The number of carbonyl (C=O) groups is 1. The number of nitrogens with one attached hydrogen (secondary N) is 1. The Hall–Kier alpha value is -2.70. The molecule has 0 saturated carbocycles. The minimum absolute atomic E-state index is 0.0683. The fourth-order valence-corrected chi connectivity index (χ4v) is 2.76. The molecule has 1 aliphatic rings. The number of fused-ring (bicyclic) bond motifs is 1. The lowest BCUT2D eigenvalue weighted by atomic mass is 10.2. The zero-order valence-electron chi connectivity index (χ0n) is 14.7. The maximum atomic E-state index is 12.4. The second-order valence-electron chi connectivity index (χ2n) is 6.00. The minimum atomic E-state index is -0.0683. The highest BCUT2D eigenvalue weighted by Crippen LogP contribution is 2.31. The average molecular weight is 344 g/mol. The van der Waals surface area contributed by atoms with Gasteiger partial charge in [0.2, 0.25) is 0 Å². The van der Waals surface area contributed by atoms with Crippen molar-refractivity contribution >= 4 is 6.03 Å². The molecule has 1 N–H and O–H groups in total. The summed E-state index contributed by atoms with van der Waals surface area (Å²) in [6.45, 7) is 4.86. The molecule has 1 aromatic heterocycles. The number of amides is 2. The summed E-state index contributed by atoms with van der Waals surface area (Å²) in [4.78, 5) is 14.2. The van der Waals surface area contributed by atoms with E-state index in [1.165, 1.54) is 0 Å². The molecule has 2 heterocycles. The van der Waals surface area contributed by atoms with E-state index in [9.17, 15) is 4.79 Å². The van der Waals surface area contributed by atoms with E-state index in [-0.39, 0.29) is 6.03 Å². The Morgan fingerprint density at radius 1 is 1.28 bits per heavy atom. The quantitative estimate of drug-likeness (QED) is 0.870. The van der Waals surface area contributed by atoms with Crippen LogP contribution in [0.2, 0.25) is 0 Å². The first kappa shape index (κ1) is 17.1. The molecule has 0 bridgehead atoms. The van der Waals surface area contributed by atoms with E-state index >= 15 is 0 Å². The van der Waals surface area contributed by atoms with Gasteiger partial charge in [-0.3, -0.25) is 4.68 Å². The Balaban J connectivity index is 1.53. The van der Waals surface area contributed by atoms with Crippen LogP contribution in [0.1, 0.15) is 18.1 Å². The van der Waals surface area contributed by atoms with Gasteiger partial charge >= 0.3 is 6.03 Å². The van der Waals surface area contributed by atoms with Crippen molar-refractivity contribution in [1.82, 2.24) is 20.0 Å². The van der Waals surface area contributed by atoms with E-state index in [4.69, 9.17) is 9.47 Å². The van der Waals surface area contributed by atoms with Gasteiger partial charge in [-0.05, 0) is 36.6 Å². The van der Waals surface area contributed by atoms with Crippen molar-refractivity contribution < 1.29 is 14.3 Å². The zero-order valence-corrected chi connectivity index (χ0v) is 14.7. The molecule has 0 saturated heterocycles. The number of hydrogen-bond acceptors (Lipinski definition) is 4. The fourth-order valence-electron chi connectivity index (χ4n) is 2.76. The van der Waals surface area contributed by atoms with Crippen LogP contribution >= 0.6 is 0 Å². The average Bonchev–Trinajstić information content (AvgIpc) is 3.04. The molecule has 1 aromatic carbocycles. The third-order valence-corrected chi connectivity index (χ3v) is 4.10. The lowest BCUT2D eigenvalue weighted by Crippen LogP contribution is -2.40. The van der Waals surface area contributed by atoms with Crippen LogP contribution in [-0.4, -0.2) is 47.0 Å². The summed E-state index contributed by atoms with van der Waals surface area (Å²) < 4.78 is 12.9. The van der Waals surface area contributed by atoms with Gasteiger partial charge in [-0.1, -0.05) is 6.07 Å². The van der Waals surface area contributed by atoms with Crippen molar-refractivity contribution in [2.75, 3.05) is 26.3 Å². The van der Waals surface area contributed by atoms with Crippen molar-refractivity contribution in [3.05, 3.63) is 41.7 Å². The molecule has 2 aromatic rings. The zero-order chi connectivity index (χ0) is 17.6. The number of aryl methyl sites for hydroxylation is 1. The van der Waals surface area contributed by atoms with E-state index in [2.05, 4.69) is 10.4 Å². The summed E-state index contributed by atoms with van der Waals surface area (Å²) in [5.41, 5.74) is 2.13. The van der Waals surface area contributed by atoms with Crippen molar-refractivity contribution in [1.29, 1.82) is 0 Å². The molecule has 2 amide bonds. The molecule has 3 rings (SSSR count). The van der Waals surface area contributed by atoms with Gasteiger partial charge in [0.05, 0.1) is 6.20 Å². The van der Waals surface area contributed by atoms with Crippen LogP contribution in [0.4, 0.5) is 4.79 Å². The highest BCUT2D eigenvalue weighted by molar-refractivity contribution is 5.74. The minimum Gasteiger partial charge on any atom is -0.486 e. The van der Waals surface area contributed by atoms with Crippen LogP contribution in [-0.2, 0) is 20.0 Å². The molecule has 25 heavy (non-hydrogen) atoms. The van der Waals surface area contributed by atoms with Crippen molar-refractivity contribution in [2.45, 2.75) is 19.9 Å². The number of ether oxygens (including phenoxy) is 2. The third-order valence-electron chi connectivity index (χ3n) is 4.10. The normalized spacial score (nSPS) is 12.7. The van der Waals surface area contributed by atoms with Crippen LogP contribution in [0.15, 0.2) is 30.6 Å². The number of aromatic nitrogens is 2. The highest BCUT2D eigenvalue weighted by atomic mass is 16.6. The van der Waals surface area contributed by atoms with Gasteiger partial charge in [0, 0.05) is 32.9 Å². The first-order valence-corrected chi connectivity index (χ1v) is 8.54. The van der Waals surface area contributed by atoms with Crippen LogP contribution < -0.4 is 14.8 Å². The fraction of sp³-hybridized carbons (Fsp3) is 0.444. The summed E-state index contributed by atoms with van der Waals surface area (Å²) in [7, 11) is 1.88. The van der Waals surface area contributed by atoms with Gasteiger partial charge in [-0.2, -0.15) is 5.10 Å². The van der Waals surface area contributed by atoms with Crippen LogP contribution in [0.25, 0.3) is 0 Å². The molecule has 7 nitrogen and oxygen atoms in total. The van der Waals surface area contributed by atoms with E-state index < -0.39 is 0 Å². The van der Waals surface area contributed by atoms with Crippen LogP contribution in [0.5, 0.6) is 11.5 Å². The summed E-state index contributed by atoms with van der Waals surface area (Å²) in [5, 5.41) is 7.10. The van der Waals surface area contributed by atoms with Gasteiger partial charge in [-0.25, -0.2) is 4.79 Å². The number of nitrogens with zero attached hydrogens (tertiary/aromatic N) is 3. The number of urea groups is 1. The first-order chi connectivity index (χ1) is 12.2. The van der Waals surface area contributed by atoms with E-state index in [0.29, 0.717) is 32.8 Å². The molecular formula is C18H24N4O3. The monoisotopic (exact) mass is 344 g/mol. The number of hydrogen-bond donors (Lipinski definition) is 1. The summed E-state index contributed by atoms with van der Waals surface area (Å²) in [6.07, 6.45) is 4.54. The Kier molecular flexibility index (Phi) is 5.42. The van der Waals surface area contributed by atoms with Crippen LogP contribution in [0, 0.1) is 0 Å². The second-order valence-corrected chi connectivity index (χ2v) is 6.00. The third kappa shape index (κ3) is 4.43. The van der Waals surface area contributed by atoms with E-state index in [0.717, 1.165) is 29.0 Å². The van der Waals surface area contributed by atoms with Gasteiger partial charge in [0.15, 0.2) is 11.5 Å². The summed E-state index contributed by atoms with van der Waals surface area (Å²) in [6, 6.07) is 5.75. The largest absolute Gasteiger partial charge is 0.486 e. The SMILES string of the molecule is CCN(Cc1ccc2c(c1)OCCO2)C(=O)NCCc1cnn(C)c1. The lowest BCUT2D eigenvalue weighted by Gasteiger charge is -2.23. The molecule has 0 radical (unpaired) electrons. The molecule has 134 valence electrons. The molecular weight excluding hydrogens is 320 g/mol. The number of rotatable bonds is 6. The Morgan fingerprint density at radius 2 is 2.08 bits per heavy atom. The molecule has 0 aliphatic carbocycles. The maximum absolute atomic E-state index is 12.4. The lowest BCUT2D eigenvalue weighted by molar-refractivity contribution is 0.171. The molecule has 0 spiro atoms. The Morgan fingerprint density at radius 3 is 2.80 bits per heavy atom. The molecule has 7 heteroatoms. The number of benzene rings is 1. The Labute approximate surface area is 147 Å². The molecule has 0 atom stereocenters. The van der Waals surface area contributed by atoms with Gasteiger partial charge < -0.3 is 19.7 Å². The summed E-state index contributed by atoms with van der Waals surface area (Å²) >= 11 is 0. The number of carbonyl (C=O) groups excluding carboxylic acids is 1. The van der Waals surface area contributed by atoms with Crippen LogP contribution in [0.3, 0.4) is 0 Å². The second kappa shape index (κ2) is 7.92. The maximum Gasteiger partial charge on any atom is 0.317 e. The predicted octanol–water partition coefficient (Wildman–Crippen LogP) is 1.97. The molecule has 0 fully saturated rings. The van der Waals surface area contributed by atoms with Crippen molar-refractivity contribution in [2.24, 2.45) is 7.05 Å².